The number of nitrogens with one attached hydrogen (secondary N) is 2. The molecule has 0 aliphatic heterocycles. The number of rotatable bonds is 4. The van der Waals surface area contributed by atoms with Crippen LogP contribution in [-0.2, 0) is 11.1 Å². The van der Waals surface area contributed by atoms with E-state index in [9.17, 15) is 9.59 Å². The first-order chi connectivity index (χ1) is 27.0. The van der Waals surface area contributed by atoms with Gasteiger partial charge in [0.05, 0.1) is 5.34 Å². The molecule has 2 N–H and O–H groups in total. The molecule has 0 saturated heterocycles. The first-order valence-electron chi connectivity index (χ1n) is 18.3. The number of carbonyl (C=O) groups excluding carboxylic acids is 2. The van der Waals surface area contributed by atoms with Crippen molar-refractivity contribution < 1.29 is 9.59 Å². The number of alkyl halides is 2. The van der Waals surface area contributed by atoms with Crippen LogP contribution in [0.3, 0.4) is 0 Å². The molecule has 0 unspecified atom stereocenters. The Morgan fingerprint density at radius 2 is 0.655 bits per heavy atom. The number of halogens is 2. The number of carbonyl (C=O) groups is 2. The molecule has 5 nitrogen and oxygen atoms in total. The van der Waals surface area contributed by atoms with Crippen molar-refractivity contribution >= 4 is 35.0 Å². The van der Waals surface area contributed by atoms with Crippen molar-refractivity contribution in [3.05, 3.63) is 242 Å². The summed E-state index contributed by atoms with van der Waals surface area (Å²) >= 11 is 9.53. The lowest BCUT2D eigenvalue weighted by molar-refractivity contribution is 0.0912. The molecule has 1 aromatic heterocycles. The zero-order valence-electron chi connectivity index (χ0n) is 29.5. The van der Waals surface area contributed by atoms with E-state index in [1.807, 2.05) is 36.4 Å². The van der Waals surface area contributed by atoms with Gasteiger partial charge in [-0.3, -0.25) is 9.59 Å². The first-order valence-corrected chi connectivity index (χ1v) is 19.4. The van der Waals surface area contributed by atoms with Gasteiger partial charge in [0.2, 0.25) is 0 Å². The van der Waals surface area contributed by atoms with Crippen molar-refractivity contribution in [3.63, 3.8) is 0 Å². The minimum Gasteiger partial charge on any atom is -0.333 e. The SMILES string of the molecule is ClCCl.O=C(NC12c3ccccc3C(c3ccccc31)c1ccccc12)c1cccc(C(=O)NC23c4ccccc4C(c4ccccc42)c2ccccc23)n1. The monoisotopic (exact) mass is 753 g/mol. The summed E-state index contributed by atoms with van der Waals surface area (Å²) in [6, 6.07) is 55.5. The van der Waals surface area contributed by atoms with Crippen molar-refractivity contribution in [1.29, 1.82) is 0 Å². The number of nitrogens with zero attached hydrogens (tertiary/aromatic N) is 1. The van der Waals surface area contributed by atoms with Gasteiger partial charge in [-0.05, 0) is 78.9 Å². The average Bonchev–Trinajstić information content (AvgIpc) is 3.24. The van der Waals surface area contributed by atoms with E-state index >= 15 is 0 Å². The summed E-state index contributed by atoms with van der Waals surface area (Å²) in [5.41, 5.74) is 12.0. The van der Waals surface area contributed by atoms with E-state index in [0.717, 1.165) is 33.4 Å². The van der Waals surface area contributed by atoms with Crippen LogP contribution in [-0.4, -0.2) is 22.1 Å². The number of pyridine rings is 1. The van der Waals surface area contributed by atoms with Crippen molar-refractivity contribution in [2.75, 3.05) is 5.34 Å². The molecule has 6 aliphatic carbocycles. The molecule has 4 bridgehead atoms. The summed E-state index contributed by atoms with van der Waals surface area (Å²) in [5, 5.41) is 7.16. The van der Waals surface area contributed by atoms with Crippen LogP contribution in [0, 0.1) is 0 Å². The second-order valence-corrected chi connectivity index (χ2v) is 15.1. The Morgan fingerprint density at radius 1 is 0.418 bits per heavy atom. The van der Waals surface area contributed by atoms with E-state index in [1.165, 1.54) is 33.4 Å². The summed E-state index contributed by atoms with van der Waals surface area (Å²) in [6.45, 7) is 0. The highest BCUT2D eigenvalue weighted by atomic mass is 35.5. The van der Waals surface area contributed by atoms with Crippen LogP contribution in [0.2, 0.25) is 0 Å². The Balaban J connectivity index is 0.00000120. The fraction of sp³-hybridized carbons (Fsp3) is 0.104. The molecule has 0 fully saturated rings. The van der Waals surface area contributed by atoms with Gasteiger partial charge in [-0.15, -0.1) is 23.2 Å². The van der Waals surface area contributed by atoms with Crippen LogP contribution in [0.1, 0.15) is 99.6 Å². The van der Waals surface area contributed by atoms with Gasteiger partial charge in [-0.1, -0.05) is 152 Å². The molecule has 6 aliphatic rings. The third-order valence-corrected chi connectivity index (χ3v) is 11.9. The lowest BCUT2D eigenvalue weighted by Gasteiger charge is -2.50. The highest BCUT2D eigenvalue weighted by Crippen LogP contribution is 2.59. The Bertz CT molecular complexity index is 2300. The maximum Gasteiger partial charge on any atom is 0.271 e. The van der Waals surface area contributed by atoms with Gasteiger partial charge in [0.1, 0.15) is 22.5 Å². The fourth-order valence-corrected chi connectivity index (χ4v) is 9.98. The van der Waals surface area contributed by atoms with Crippen molar-refractivity contribution in [2.45, 2.75) is 22.9 Å². The first kappa shape index (κ1) is 33.6. The molecule has 0 radical (unpaired) electrons. The predicted octanol–water partition coefficient (Wildman–Crippen LogP) is 9.56. The lowest BCUT2D eigenvalue weighted by Crippen LogP contribution is -2.54. The summed E-state index contributed by atoms with van der Waals surface area (Å²) in [4.78, 5) is 34.0. The molecule has 7 heteroatoms. The molecule has 0 atom stereocenters. The summed E-state index contributed by atoms with van der Waals surface area (Å²) < 4.78 is 0. The van der Waals surface area contributed by atoms with Gasteiger partial charge in [0.25, 0.3) is 11.8 Å². The Hall–Kier alpha value is -6.01. The lowest BCUT2D eigenvalue weighted by atomic mass is 9.57. The third kappa shape index (κ3) is 4.63. The molecule has 1 heterocycles. The van der Waals surface area contributed by atoms with E-state index in [1.54, 1.807) is 18.2 Å². The van der Waals surface area contributed by atoms with Crippen molar-refractivity contribution in [3.8, 4) is 0 Å². The zero-order chi connectivity index (χ0) is 37.3. The second-order valence-electron chi connectivity index (χ2n) is 14.3. The number of amides is 2. The maximum atomic E-state index is 14.6. The molecule has 55 heavy (non-hydrogen) atoms. The smallest absolute Gasteiger partial charge is 0.271 e. The van der Waals surface area contributed by atoms with Gasteiger partial charge < -0.3 is 10.6 Å². The maximum absolute atomic E-state index is 14.6. The normalized spacial score (nSPS) is 20.9. The van der Waals surface area contributed by atoms with Gasteiger partial charge in [0, 0.05) is 11.8 Å². The van der Waals surface area contributed by atoms with E-state index in [0.29, 0.717) is 0 Å². The number of hydrogen-bond acceptors (Lipinski definition) is 3. The fourth-order valence-electron chi connectivity index (χ4n) is 9.98. The second kappa shape index (κ2) is 12.8. The summed E-state index contributed by atoms with van der Waals surface area (Å²) in [7, 11) is 0. The Morgan fingerprint density at radius 3 is 0.909 bits per heavy atom. The van der Waals surface area contributed by atoms with Crippen LogP contribution in [0.25, 0.3) is 0 Å². The average molecular weight is 755 g/mol. The largest absolute Gasteiger partial charge is 0.333 e. The van der Waals surface area contributed by atoms with Crippen molar-refractivity contribution in [2.24, 2.45) is 0 Å². The quantitative estimate of drug-likeness (QED) is 0.176. The van der Waals surface area contributed by atoms with E-state index in [4.69, 9.17) is 28.2 Å². The molecule has 266 valence electrons. The highest BCUT2D eigenvalue weighted by Gasteiger charge is 2.54. The molecule has 7 aromatic rings. The summed E-state index contributed by atoms with van der Waals surface area (Å²) in [5.74, 6) is -0.539. The topological polar surface area (TPSA) is 71.1 Å². The molecule has 6 aromatic carbocycles. The molecular weight excluding hydrogens is 721 g/mol. The van der Waals surface area contributed by atoms with E-state index < -0.39 is 11.1 Å². The molecular formula is C48H33Cl2N3O2. The minimum atomic E-state index is -0.924. The third-order valence-electron chi connectivity index (χ3n) is 11.9. The predicted molar refractivity (Wildman–Crippen MR) is 216 cm³/mol. The van der Waals surface area contributed by atoms with Gasteiger partial charge in [0.15, 0.2) is 0 Å². The van der Waals surface area contributed by atoms with Gasteiger partial charge in [-0.25, -0.2) is 4.98 Å². The van der Waals surface area contributed by atoms with Crippen molar-refractivity contribution in [1.82, 2.24) is 15.6 Å². The van der Waals surface area contributed by atoms with E-state index in [-0.39, 0.29) is 40.4 Å². The summed E-state index contributed by atoms with van der Waals surface area (Å²) in [6.07, 6.45) is 0. The molecule has 0 saturated carbocycles. The standard InChI is InChI=1S/C47H31N3O2.CH2Cl2/c51-44(49-46-34-20-7-1-14-28(34)42(29-15-2-8-21-35(29)46)30-16-3-9-22-36(30)46)40-26-13-27-41(48-40)45(52)50-47-37-23-10-4-17-31(37)43(32-18-5-11-24-38(32)47)33-19-6-12-25-39(33)47;2-1-3/h1-27,42-43H,(H,49,51)(H,50,52);1H2. The van der Waals surface area contributed by atoms with Gasteiger partial charge in [-0.2, -0.15) is 0 Å². The molecule has 2 amide bonds. The minimum absolute atomic E-state index is 0.0853. The van der Waals surface area contributed by atoms with E-state index in [2.05, 4.69) is 120 Å². The highest BCUT2D eigenvalue weighted by molar-refractivity contribution is 6.40. The van der Waals surface area contributed by atoms with Crippen LogP contribution >= 0.6 is 23.2 Å². The van der Waals surface area contributed by atoms with Crippen LogP contribution in [0.15, 0.2) is 164 Å². The number of aromatic nitrogens is 1. The Kier molecular flexibility index (Phi) is 7.81. The molecule has 13 rings (SSSR count). The van der Waals surface area contributed by atoms with Crippen LogP contribution < -0.4 is 10.6 Å². The Labute approximate surface area is 329 Å². The number of benzene rings is 6. The van der Waals surface area contributed by atoms with Crippen LogP contribution in [0.5, 0.6) is 0 Å². The molecule has 0 spiro atoms. The number of hydrogen-bond donors (Lipinski definition) is 2. The van der Waals surface area contributed by atoms with Gasteiger partial charge >= 0.3 is 0 Å². The zero-order valence-corrected chi connectivity index (χ0v) is 31.0. The van der Waals surface area contributed by atoms with Crippen LogP contribution in [0.4, 0.5) is 0 Å².